The van der Waals surface area contributed by atoms with Gasteiger partial charge in [0, 0.05) is 58.5 Å². The largest absolute Gasteiger partial charge is 0.335 e. The van der Waals surface area contributed by atoms with Crippen molar-refractivity contribution >= 4 is 11.8 Å². The summed E-state index contributed by atoms with van der Waals surface area (Å²) in [6.07, 6.45) is 9.99. The molecule has 8 atom stereocenters. The molecule has 2 amide bonds. The van der Waals surface area contributed by atoms with Crippen LogP contribution in [0.5, 0.6) is 0 Å². The number of hydrogen-bond acceptors (Lipinski definition) is 4. The highest BCUT2D eigenvalue weighted by molar-refractivity contribution is 5.95. The van der Waals surface area contributed by atoms with Gasteiger partial charge in [0.2, 0.25) is 0 Å². The first-order chi connectivity index (χ1) is 23.7. The van der Waals surface area contributed by atoms with Crippen molar-refractivity contribution in [2.45, 2.75) is 168 Å². The van der Waals surface area contributed by atoms with Gasteiger partial charge in [-0.2, -0.15) is 0 Å². The highest BCUT2D eigenvalue weighted by Gasteiger charge is 2.50. The number of benzene rings is 2. The lowest BCUT2D eigenvalue weighted by Crippen LogP contribution is -2.69. The van der Waals surface area contributed by atoms with E-state index in [9.17, 15) is 9.59 Å². The van der Waals surface area contributed by atoms with E-state index in [1.807, 2.05) is 60.7 Å². The van der Waals surface area contributed by atoms with Crippen LogP contribution in [0.1, 0.15) is 154 Å². The first-order valence-electron chi connectivity index (χ1n) is 20.0. The Balaban J connectivity index is 1.49. The highest BCUT2D eigenvalue weighted by Crippen LogP contribution is 2.42. The van der Waals surface area contributed by atoms with Gasteiger partial charge in [-0.1, -0.05) is 90.8 Å². The quantitative estimate of drug-likeness (QED) is 0.183. The van der Waals surface area contributed by atoms with Gasteiger partial charge in [-0.3, -0.25) is 9.59 Å². The second-order valence-electron chi connectivity index (χ2n) is 16.9. The van der Waals surface area contributed by atoms with Crippen molar-refractivity contribution in [2.24, 2.45) is 11.8 Å². The first-order valence-corrected chi connectivity index (χ1v) is 20.0. The summed E-state index contributed by atoms with van der Waals surface area (Å²) >= 11 is 0. The Morgan fingerprint density at radius 3 is 1.22 bits per heavy atom. The Labute approximate surface area is 305 Å². The Hall–Kier alpha value is -2.70. The maximum atomic E-state index is 14.2. The molecule has 6 nitrogen and oxygen atoms in total. The van der Waals surface area contributed by atoms with E-state index in [-0.39, 0.29) is 46.1 Å². The van der Waals surface area contributed by atoms with E-state index in [1.54, 1.807) is 0 Å². The summed E-state index contributed by atoms with van der Waals surface area (Å²) < 4.78 is 0. The van der Waals surface area contributed by atoms with Crippen LogP contribution in [0.15, 0.2) is 60.7 Å². The molecule has 2 aromatic carbocycles. The fourth-order valence-corrected chi connectivity index (χ4v) is 9.13. The summed E-state index contributed by atoms with van der Waals surface area (Å²) in [6, 6.07) is 20.1. The van der Waals surface area contributed by atoms with Crippen LogP contribution < -0.4 is 10.6 Å². The normalized spacial score (nSPS) is 32.8. The number of carbonyl (C=O) groups excluding carboxylic acids is 2. The van der Waals surface area contributed by atoms with Crippen molar-refractivity contribution < 1.29 is 9.59 Å². The molecular weight excluding hydrogens is 617 g/mol. The second kappa shape index (κ2) is 16.8. The Bertz CT molecular complexity index is 1280. The third-order valence-corrected chi connectivity index (χ3v) is 13.6. The van der Waals surface area contributed by atoms with Crippen molar-refractivity contribution in [1.29, 1.82) is 0 Å². The van der Waals surface area contributed by atoms with Gasteiger partial charge >= 0.3 is 0 Å². The number of rotatable bonds is 15. The lowest BCUT2D eigenvalue weighted by molar-refractivity contribution is 0.000153. The molecule has 0 spiro atoms. The van der Waals surface area contributed by atoms with Gasteiger partial charge in [-0.15, -0.1) is 0 Å². The van der Waals surface area contributed by atoms with Crippen molar-refractivity contribution in [3.63, 3.8) is 0 Å². The standard InChI is InChI=1S/C44H70N4O2/c1-11-41(7)31-37(33(5)43(9,13-3)45-41)47(39(49)35-25-19-17-20-26-35)29-23-15-16-24-30-48(40(50)36-27-21-18-22-28-36)38-32-42(8,12-2)46-44(10,14-4)34(38)6/h17-22,25-28,33-34,37-38,45-46H,11-16,23-24,29-32H2,1-10H3. The summed E-state index contributed by atoms with van der Waals surface area (Å²) in [5, 5.41) is 8.02. The minimum Gasteiger partial charge on any atom is -0.335 e. The van der Waals surface area contributed by atoms with Gasteiger partial charge in [0.05, 0.1) is 0 Å². The number of carbonyl (C=O) groups is 2. The van der Waals surface area contributed by atoms with Crippen LogP contribution in [0.3, 0.4) is 0 Å². The maximum Gasteiger partial charge on any atom is 0.254 e. The molecule has 2 fully saturated rings. The van der Waals surface area contributed by atoms with Crippen LogP contribution in [0.25, 0.3) is 0 Å². The minimum atomic E-state index is -0.0366. The molecule has 2 N–H and O–H groups in total. The SMILES string of the molecule is CCC1(C)CC(N(CCCCCCN(C(=O)c2ccccc2)C2CC(C)(CC)NC(C)(CC)C2C)C(=O)c2ccccc2)C(C)C(C)(CC)N1. The number of nitrogens with one attached hydrogen (secondary N) is 2. The number of hydrogen-bond donors (Lipinski definition) is 2. The lowest BCUT2D eigenvalue weighted by Gasteiger charge is -2.56. The van der Waals surface area contributed by atoms with E-state index in [0.29, 0.717) is 11.8 Å². The predicted molar refractivity (Wildman–Crippen MR) is 210 cm³/mol. The Morgan fingerprint density at radius 2 is 0.920 bits per heavy atom. The molecule has 278 valence electrons. The van der Waals surface area contributed by atoms with Crippen LogP contribution in [0.2, 0.25) is 0 Å². The molecule has 0 radical (unpaired) electrons. The molecule has 2 heterocycles. The van der Waals surface area contributed by atoms with E-state index in [2.05, 4.69) is 89.7 Å². The molecular formula is C44H70N4O2. The smallest absolute Gasteiger partial charge is 0.254 e. The first kappa shape index (κ1) is 40.1. The fourth-order valence-electron chi connectivity index (χ4n) is 9.13. The average Bonchev–Trinajstić information content (AvgIpc) is 3.13. The molecule has 6 heteroatoms. The Kier molecular flexibility index (Phi) is 13.4. The molecule has 50 heavy (non-hydrogen) atoms. The third kappa shape index (κ3) is 8.84. The third-order valence-electron chi connectivity index (χ3n) is 13.6. The number of piperidine rings is 2. The van der Waals surface area contributed by atoms with Crippen molar-refractivity contribution in [3.8, 4) is 0 Å². The zero-order chi connectivity index (χ0) is 36.7. The van der Waals surface area contributed by atoms with E-state index < -0.39 is 0 Å². The summed E-state index contributed by atoms with van der Waals surface area (Å²) in [4.78, 5) is 32.9. The molecule has 2 aliphatic rings. The Morgan fingerprint density at radius 1 is 0.580 bits per heavy atom. The summed E-state index contributed by atoms with van der Waals surface area (Å²) in [6.45, 7) is 24.6. The molecule has 2 aromatic rings. The van der Waals surface area contributed by atoms with E-state index >= 15 is 0 Å². The monoisotopic (exact) mass is 687 g/mol. The van der Waals surface area contributed by atoms with Crippen LogP contribution in [-0.2, 0) is 0 Å². The van der Waals surface area contributed by atoms with Gasteiger partial charge in [0.15, 0.2) is 0 Å². The topological polar surface area (TPSA) is 64.7 Å². The van der Waals surface area contributed by atoms with E-state index in [0.717, 1.165) is 88.4 Å². The molecule has 0 aliphatic carbocycles. The molecule has 8 unspecified atom stereocenters. The molecule has 0 aromatic heterocycles. The summed E-state index contributed by atoms with van der Waals surface area (Å²) in [7, 11) is 0. The molecule has 2 saturated heterocycles. The minimum absolute atomic E-state index is 0.0145. The maximum absolute atomic E-state index is 14.2. The van der Waals surface area contributed by atoms with Gasteiger partial charge in [0.1, 0.15) is 0 Å². The molecule has 4 rings (SSSR count). The highest BCUT2D eigenvalue weighted by atomic mass is 16.2. The number of nitrogens with zero attached hydrogens (tertiary/aromatic N) is 2. The van der Waals surface area contributed by atoms with Gasteiger partial charge in [-0.05, 0) is 115 Å². The average molecular weight is 687 g/mol. The van der Waals surface area contributed by atoms with E-state index in [1.165, 1.54) is 0 Å². The van der Waals surface area contributed by atoms with Crippen molar-refractivity contribution in [2.75, 3.05) is 13.1 Å². The van der Waals surface area contributed by atoms with E-state index in [4.69, 9.17) is 0 Å². The van der Waals surface area contributed by atoms with Crippen molar-refractivity contribution in [1.82, 2.24) is 20.4 Å². The van der Waals surface area contributed by atoms with Crippen LogP contribution in [0, 0.1) is 11.8 Å². The second-order valence-corrected chi connectivity index (χ2v) is 16.9. The lowest BCUT2D eigenvalue weighted by atomic mass is 9.68. The predicted octanol–water partition coefficient (Wildman–Crippen LogP) is 9.50. The number of amides is 2. The van der Waals surface area contributed by atoms with Crippen LogP contribution in [0.4, 0.5) is 0 Å². The van der Waals surface area contributed by atoms with Gasteiger partial charge in [0.25, 0.3) is 11.8 Å². The van der Waals surface area contributed by atoms with Crippen LogP contribution >= 0.6 is 0 Å². The summed E-state index contributed by atoms with van der Waals surface area (Å²) in [5.74, 6) is 0.955. The molecule has 0 saturated carbocycles. The van der Waals surface area contributed by atoms with Gasteiger partial charge in [-0.25, -0.2) is 0 Å². The number of unbranched alkanes of at least 4 members (excludes halogenated alkanes) is 3. The van der Waals surface area contributed by atoms with Gasteiger partial charge < -0.3 is 20.4 Å². The van der Waals surface area contributed by atoms with Crippen molar-refractivity contribution in [3.05, 3.63) is 71.8 Å². The molecule has 0 bridgehead atoms. The zero-order valence-electron chi connectivity index (χ0n) is 33.3. The summed E-state index contributed by atoms with van der Waals surface area (Å²) in [5.41, 5.74) is 1.45. The zero-order valence-corrected chi connectivity index (χ0v) is 33.3. The fraction of sp³-hybridized carbons (Fsp3) is 0.682. The molecule has 2 aliphatic heterocycles. The van der Waals surface area contributed by atoms with Crippen LogP contribution in [-0.4, -0.2) is 68.9 Å².